The molecule has 0 radical (unpaired) electrons. The van der Waals surface area contributed by atoms with Crippen molar-refractivity contribution in [1.82, 2.24) is 4.57 Å². The second-order valence-corrected chi connectivity index (χ2v) is 4.72. The Balaban J connectivity index is 2.09. The van der Waals surface area contributed by atoms with Crippen LogP contribution in [0.3, 0.4) is 0 Å². The molecule has 102 valence electrons. The van der Waals surface area contributed by atoms with Crippen molar-refractivity contribution >= 4 is 10.9 Å². The number of nitrogens with zero attached hydrogens (tertiary/aromatic N) is 1. The fourth-order valence-electron chi connectivity index (χ4n) is 2.47. The van der Waals surface area contributed by atoms with Crippen molar-refractivity contribution in [2.75, 3.05) is 0 Å². The van der Waals surface area contributed by atoms with Crippen molar-refractivity contribution in [3.05, 3.63) is 71.4 Å². The molecule has 0 amide bonds. The van der Waals surface area contributed by atoms with E-state index in [-0.39, 0.29) is 6.54 Å². The Bertz CT molecular complexity index is 762. The third kappa shape index (κ3) is 2.08. The maximum atomic E-state index is 13.8. The molecule has 0 bridgehead atoms. The third-order valence-electron chi connectivity index (χ3n) is 3.46. The second kappa shape index (κ2) is 5.06. The average molecular weight is 272 g/mol. The minimum Gasteiger partial charge on any atom is -0.343 e. The number of para-hydroxylation sites is 1. The number of fused-ring (bicyclic) bond motifs is 1. The molecule has 1 aromatic heterocycles. The van der Waals surface area contributed by atoms with Gasteiger partial charge in [-0.05, 0) is 17.7 Å². The van der Waals surface area contributed by atoms with E-state index in [2.05, 4.69) is 0 Å². The van der Waals surface area contributed by atoms with Crippen LogP contribution in [-0.2, 0) is 13.1 Å². The molecule has 2 nitrogen and oxygen atoms in total. The fraction of sp³-hybridized carbons (Fsp3) is 0.125. The van der Waals surface area contributed by atoms with Crippen LogP contribution in [0.2, 0.25) is 0 Å². The summed E-state index contributed by atoms with van der Waals surface area (Å²) in [5.41, 5.74) is 8.02. The smallest absolute Gasteiger partial charge is 0.163 e. The number of halogens is 2. The van der Waals surface area contributed by atoms with Crippen LogP contribution in [0.5, 0.6) is 0 Å². The van der Waals surface area contributed by atoms with Gasteiger partial charge in [0.15, 0.2) is 11.6 Å². The standard InChI is InChI=1S/C16H14F2N2/c17-14-6-3-4-11(16(14)18)9-20-10-12(8-19)13-5-1-2-7-15(13)20/h1-7,10H,8-9,19H2. The fourth-order valence-corrected chi connectivity index (χ4v) is 2.47. The molecular weight excluding hydrogens is 258 g/mol. The normalized spacial score (nSPS) is 11.2. The van der Waals surface area contributed by atoms with Crippen LogP contribution in [-0.4, -0.2) is 4.57 Å². The van der Waals surface area contributed by atoms with Gasteiger partial charge in [0.1, 0.15) is 0 Å². The van der Waals surface area contributed by atoms with E-state index in [9.17, 15) is 8.78 Å². The van der Waals surface area contributed by atoms with Crippen LogP contribution in [0, 0.1) is 11.6 Å². The first-order valence-corrected chi connectivity index (χ1v) is 6.40. The van der Waals surface area contributed by atoms with Gasteiger partial charge in [-0.3, -0.25) is 0 Å². The van der Waals surface area contributed by atoms with E-state index in [0.717, 1.165) is 22.5 Å². The third-order valence-corrected chi connectivity index (χ3v) is 3.46. The highest BCUT2D eigenvalue weighted by Gasteiger charge is 2.11. The summed E-state index contributed by atoms with van der Waals surface area (Å²) in [6.45, 7) is 0.698. The van der Waals surface area contributed by atoms with Gasteiger partial charge in [-0.25, -0.2) is 8.78 Å². The zero-order valence-electron chi connectivity index (χ0n) is 10.8. The van der Waals surface area contributed by atoms with Gasteiger partial charge in [-0.1, -0.05) is 30.3 Å². The molecule has 0 atom stereocenters. The van der Waals surface area contributed by atoms with Gasteiger partial charge in [-0.2, -0.15) is 0 Å². The lowest BCUT2D eigenvalue weighted by molar-refractivity contribution is 0.496. The van der Waals surface area contributed by atoms with E-state index < -0.39 is 11.6 Å². The van der Waals surface area contributed by atoms with E-state index in [0.29, 0.717) is 12.1 Å². The molecule has 0 fully saturated rings. The number of rotatable bonds is 3. The molecule has 0 aliphatic carbocycles. The molecule has 2 aromatic carbocycles. The van der Waals surface area contributed by atoms with Crippen LogP contribution in [0.15, 0.2) is 48.7 Å². The van der Waals surface area contributed by atoms with E-state index in [1.54, 1.807) is 6.07 Å². The average Bonchev–Trinajstić information content (AvgIpc) is 2.82. The maximum Gasteiger partial charge on any atom is 0.163 e. The maximum absolute atomic E-state index is 13.8. The predicted molar refractivity (Wildman–Crippen MR) is 75.3 cm³/mol. The lowest BCUT2D eigenvalue weighted by atomic mass is 10.2. The lowest BCUT2D eigenvalue weighted by Crippen LogP contribution is -2.02. The highest BCUT2D eigenvalue weighted by atomic mass is 19.2. The van der Waals surface area contributed by atoms with Crippen LogP contribution >= 0.6 is 0 Å². The van der Waals surface area contributed by atoms with Crippen LogP contribution in [0.1, 0.15) is 11.1 Å². The predicted octanol–water partition coefficient (Wildman–Crippen LogP) is 3.43. The highest BCUT2D eigenvalue weighted by molar-refractivity contribution is 5.84. The summed E-state index contributed by atoms with van der Waals surface area (Å²) in [4.78, 5) is 0. The molecule has 0 spiro atoms. The molecule has 0 unspecified atom stereocenters. The topological polar surface area (TPSA) is 30.9 Å². The van der Waals surface area contributed by atoms with Gasteiger partial charge in [0.25, 0.3) is 0 Å². The van der Waals surface area contributed by atoms with E-state index >= 15 is 0 Å². The number of hydrogen-bond donors (Lipinski definition) is 1. The number of nitrogens with two attached hydrogens (primary N) is 1. The summed E-state index contributed by atoms with van der Waals surface area (Å²) < 4.78 is 28.9. The molecule has 0 saturated carbocycles. The zero-order valence-corrected chi connectivity index (χ0v) is 10.8. The first kappa shape index (κ1) is 12.8. The summed E-state index contributed by atoms with van der Waals surface area (Å²) in [7, 11) is 0. The lowest BCUT2D eigenvalue weighted by Gasteiger charge is -2.07. The monoisotopic (exact) mass is 272 g/mol. The van der Waals surface area contributed by atoms with Gasteiger partial charge >= 0.3 is 0 Å². The Kier molecular flexibility index (Phi) is 3.24. The van der Waals surface area contributed by atoms with Crippen molar-refractivity contribution in [3.63, 3.8) is 0 Å². The molecule has 2 N–H and O–H groups in total. The molecule has 0 aliphatic rings. The van der Waals surface area contributed by atoms with Crippen LogP contribution in [0.4, 0.5) is 8.78 Å². The Morgan fingerprint density at radius 3 is 2.55 bits per heavy atom. The second-order valence-electron chi connectivity index (χ2n) is 4.72. The van der Waals surface area contributed by atoms with Gasteiger partial charge in [0.2, 0.25) is 0 Å². The van der Waals surface area contributed by atoms with Crippen molar-refractivity contribution in [2.24, 2.45) is 5.73 Å². The van der Waals surface area contributed by atoms with Crippen molar-refractivity contribution in [3.8, 4) is 0 Å². The van der Waals surface area contributed by atoms with Gasteiger partial charge in [0.05, 0.1) is 6.54 Å². The SMILES string of the molecule is NCc1cn(Cc2cccc(F)c2F)c2ccccc12. The first-order chi connectivity index (χ1) is 9.70. The number of benzene rings is 2. The highest BCUT2D eigenvalue weighted by Crippen LogP contribution is 2.23. The minimum absolute atomic E-state index is 0.282. The zero-order chi connectivity index (χ0) is 14.1. The molecular formula is C16H14F2N2. The first-order valence-electron chi connectivity index (χ1n) is 6.40. The van der Waals surface area contributed by atoms with E-state index in [4.69, 9.17) is 5.73 Å². The van der Waals surface area contributed by atoms with Gasteiger partial charge < -0.3 is 10.3 Å². The quantitative estimate of drug-likeness (QED) is 0.778. The summed E-state index contributed by atoms with van der Waals surface area (Å²) in [6.07, 6.45) is 1.90. The van der Waals surface area contributed by atoms with Crippen LogP contribution in [0.25, 0.3) is 10.9 Å². The summed E-state index contributed by atoms with van der Waals surface area (Å²) in [6, 6.07) is 12.0. The van der Waals surface area contributed by atoms with Crippen molar-refractivity contribution in [1.29, 1.82) is 0 Å². The molecule has 20 heavy (non-hydrogen) atoms. The molecule has 0 saturated heterocycles. The molecule has 3 aromatic rings. The minimum atomic E-state index is -0.821. The Morgan fingerprint density at radius 1 is 0.950 bits per heavy atom. The Labute approximate surface area is 115 Å². The summed E-state index contributed by atoms with van der Waals surface area (Å²) in [5.74, 6) is -1.61. The van der Waals surface area contributed by atoms with Crippen LogP contribution < -0.4 is 5.73 Å². The van der Waals surface area contributed by atoms with E-state index in [1.165, 1.54) is 6.07 Å². The number of hydrogen-bond acceptors (Lipinski definition) is 1. The largest absolute Gasteiger partial charge is 0.343 e. The van der Waals surface area contributed by atoms with Crippen molar-refractivity contribution < 1.29 is 8.78 Å². The van der Waals surface area contributed by atoms with Gasteiger partial charge in [0, 0.05) is 29.2 Å². The Hall–Kier alpha value is -2.20. The number of aromatic nitrogens is 1. The summed E-state index contributed by atoms with van der Waals surface area (Å²) >= 11 is 0. The molecule has 3 rings (SSSR count). The van der Waals surface area contributed by atoms with Crippen molar-refractivity contribution in [2.45, 2.75) is 13.1 Å². The molecule has 0 aliphatic heterocycles. The Morgan fingerprint density at radius 2 is 1.75 bits per heavy atom. The molecule has 4 heteroatoms. The van der Waals surface area contributed by atoms with E-state index in [1.807, 2.05) is 35.0 Å². The summed E-state index contributed by atoms with van der Waals surface area (Å²) in [5, 5.41) is 1.05. The molecule has 1 heterocycles. The van der Waals surface area contributed by atoms with Gasteiger partial charge in [-0.15, -0.1) is 0 Å².